The number of anilines is 1. The van der Waals surface area contributed by atoms with Crippen molar-refractivity contribution in [2.75, 3.05) is 11.9 Å². The third kappa shape index (κ3) is 2.87. The smallest absolute Gasteiger partial charge is 0.152 e. The number of hydrogen-bond donors (Lipinski definition) is 0. The van der Waals surface area contributed by atoms with Crippen molar-refractivity contribution >= 4 is 34.9 Å². The van der Waals surface area contributed by atoms with Gasteiger partial charge in [-0.05, 0) is 29.6 Å². The van der Waals surface area contributed by atoms with E-state index < -0.39 is 0 Å². The second-order valence-electron chi connectivity index (χ2n) is 3.76. The van der Waals surface area contributed by atoms with Gasteiger partial charge in [-0.25, -0.2) is 0 Å². The Bertz CT molecular complexity index is 510. The lowest BCUT2D eigenvalue weighted by atomic mass is 10.2. The molecule has 0 amide bonds. The molecule has 0 unspecified atom stereocenters. The van der Waals surface area contributed by atoms with Crippen molar-refractivity contribution in [1.82, 2.24) is 0 Å². The molecule has 0 aliphatic rings. The van der Waals surface area contributed by atoms with Gasteiger partial charge in [0.15, 0.2) is 6.29 Å². The summed E-state index contributed by atoms with van der Waals surface area (Å²) >= 11 is 7.57. The summed E-state index contributed by atoms with van der Waals surface area (Å²) in [6, 6.07) is 9.47. The number of thiophene rings is 1. The van der Waals surface area contributed by atoms with Crippen LogP contribution in [0.4, 0.5) is 5.69 Å². The number of halogens is 1. The highest BCUT2D eigenvalue weighted by Crippen LogP contribution is 2.24. The van der Waals surface area contributed by atoms with E-state index >= 15 is 0 Å². The third-order valence-electron chi connectivity index (χ3n) is 2.50. The topological polar surface area (TPSA) is 20.3 Å². The lowest BCUT2D eigenvalue weighted by molar-refractivity contribution is 0.112. The molecule has 0 spiro atoms. The van der Waals surface area contributed by atoms with Crippen LogP contribution in [0.3, 0.4) is 0 Å². The Labute approximate surface area is 109 Å². The molecule has 0 fully saturated rings. The Hall–Kier alpha value is -1.32. The number of benzene rings is 1. The molecule has 1 heterocycles. The second kappa shape index (κ2) is 5.34. The van der Waals surface area contributed by atoms with Crippen LogP contribution in [0.15, 0.2) is 35.7 Å². The van der Waals surface area contributed by atoms with Crippen LogP contribution < -0.4 is 4.90 Å². The molecule has 88 valence electrons. The van der Waals surface area contributed by atoms with Crippen molar-refractivity contribution in [1.29, 1.82) is 0 Å². The van der Waals surface area contributed by atoms with Gasteiger partial charge < -0.3 is 4.90 Å². The van der Waals surface area contributed by atoms with E-state index in [9.17, 15) is 4.79 Å². The van der Waals surface area contributed by atoms with Gasteiger partial charge in [0.1, 0.15) is 0 Å². The van der Waals surface area contributed by atoms with Crippen LogP contribution in [0.1, 0.15) is 15.2 Å². The summed E-state index contributed by atoms with van der Waals surface area (Å²) in [4.78, 5) is 14.3. The molecule has 0 aliphatic carbocycles. The first-order valence-electron chi connectivity index (χ1n) is 5.19. The summed E-state index contributed by atoms with van der Waals surface area (Å²) in [5.41, 5.74) is 1.52. The monoisotopic (exact) mass is 265 g/mol. The zero-order valence-corrected chi connectivity index (χ0v) is 11.0. The van der Waals surface area contributed by atoms with Gasteiger partial charge in [0.2, 0.25) is 0 Å². The van der Waals surface area contributed by atoms with E-state index in [-0.39, 0.29) is 0 Å². The molecule has 0 saturated heterocycles. The predicted molar refractivity (Wildman–Crippen MR) is 73.3 cm³/mol. The zero-order chi connectivity index (χ0) is 12.3. The van der Waals surface area contributed by atoms with Crippen molar-refractivity contribution < 1.29 is 4.79 Å². The van der Waals surface area contributed by atoms with E-state index in [4.69, 9.17) is 11.6 Å². The maximum Gasteiger partial charge on any atom is 0.152 e. The van der Waals surface area contributed by atoms with Crippen LogP contribution in [-0.2, 0) is 6.54 Å². The zero-order valence-electron chi connectivity index (χ0n) is 9.39. The van der Waals surface area contributed by atoms with E-state index in [0.29, 0.717) is 10.6 Å². The van der Waals surface area contributed by atoms with Crippen LogP contribution >= 0.6 is 22.9 Å². The maximum atomic E-state index is 11.0. The quantitative estimate of drug-likeness (QED) is 0.783. The first kappa shape index (κ1) is 12.1. The first-order chi connectivity index (χ1) is 8.20. The fraction of sp³-hybridized carbons (Fsp3) is 0.154. The number of carbonyl (C=O) groups is 1. The summed E-state index contributed by atoms with van der Waals surface area (Å²) in [7, 11) is 1.97. The molecule has 1 aromatic heterocycles. The molecule has 2 nitrogen and oxygen atoms in total. The average molecular weight is 266 g/mol. The van der Waals surface area contributed by atoms with Crippen molar-refractivity contribution in [3.63, 3.8) is 0 Å². The number of aldehydes is 1. The van der Waals surface area contributed by atoms with Crippen molar-refractivity contribution in [3.8, 4) is 0 Å². The fourth-order valence-corrected chi connectivity index (χ4v) is 2.63. The van der Waals surface area contributed by atoms with Crippen LogP contribution in [0, 0.1) is 0 Å². The van der Waals surface area contributed by atoms with Gasteiger partial charge in [0.05, 0.1) is 6.54 Å². The van der Waals surface area contributed by atoms with Crippen molar-refractivity contribution in [2.45, 2.75) is 6.54 Å². The minimum Gasteiger partial charge on any atom is -0.369 e. The molecule has 0 N–H and O–H groups in total. The van der Waals surface area contributed by atoms with Gasteiger partial charge in [-0.1, -0.05) is 17.7 Å². The van der Waals surface area contributed by atoms with E-state index in [2.05, 4.69) is 6.07 Å². The highest BCUT2D eigenvalue weighted by molar-refractivity contribution is 7.09. The predicted octanol–water partition coefficient (Wildman–Crippen LogP) is 3.85. The highest BCUT2D eigenvalue weighted by atomic mass is 35.5. The SMILES string of the molecule is CN(Cc1cccs1)c1ccc(Cl)cc1C=O. The lowest BCUT2D eigenvalue weighted by Gasteiger charge is -2.20. The summed E-state index contributed by atoms with van der Waals surface area (Å²) in [6.45, 7) is 0.792. The normalized spacial score (nSPS) is 10.2. The van der Waals surface area contributed by atoms with E-state index in [1.807, 2.05) is 29.5 Å². The van der Waals surface area contributed by atoms with Gasteiger partial charge in [-0.15, -0.1) is 11.3 Å². The average Bonchev–Trinajstić information content (AvgIpc) is 2.81. The minimum atomic E-state index is 0.584. The van der Waals surface area contributed by atoms with Gasteiger partial charge >= 0.3 is 0 Å². The van der Waals surface area contributed by atoms with Crippen molar-refractivity contribution in [2.24, 2.45) is 0 Å². The molecule has 2 rings (SSSR count). The Balaban J connectivity index is 2.24. The summed E-state index contributed by atoms with van der Waals surface area (Å²) in [5, 5.41) is 2.63. The molecule has 17 heavy (non-hydrogen) atoms. The van der Waals surface area contributed by atoms with E-state index in [1.54, 1.807) is 23.5 Å². The van der Waals surface area contributed by atoms with Gasteiger partial charge in [-0.2, -0.15) is 0 Å². The molecule has 4 heteroatoms. The van der Waals surface area contributed by atoms with Crippen LogP contribution in [-0.4, -0.2) is 13.3 Å². The van der Waals surface area contributed by atoms with Crippen molar-refractivity contribution in [3.05, 3.63) is 51.2 Å². The molecule has 0 saturated carbocycles. The highest BCUT2D eigenvalue weighted by Gasteiger charge is 2.08. The Morgan fingerprint density at radius 3 is 2.88 bits per heavy atom. The molecule has 0 radical (unpaired) electrons. The maximum absolute atomic E-state index is 11.0. The summed E-state index contributed by atoms with van der Waals surface area (Å²) in [5.74, 6) is 0. The minimum absolute atomic E-state index is 0.584. The summed E-state index contributed by atoms with van der Waals surface area (Å²) in [6.07, 6.45) is 0.839. The van der Waals surface area contributed by atoms with Gasteiger partial charge in [0.25, 0.3) is 0 Å². The fourth-order valence-electron chi connectivity index (χ4n) is 1.69. The number of nitrogens with zero attached hydrogens (tertiary/aromatic N) is 1. The second-order valence-corrected chi connectivity index (χ2v) is 5.23. The Morgan fingerprint density at radius 2 is 2.24 bits per heavy atom. The van der Waals surface area contributed by atoms with Gasteiger partial charge in [0, 0.05) is 28.2 Å². The standard InChI is InChI=1S/C13H12ClNOS/c1-15(8-12-3-2-6-17-12)13-5-4-11(14)7-10(13)9-16/h2-7,9H,8H2,1H3. The van der Waals surface area contributed by atoms with E-state index in [0.717, 1.165) is 18.5 Å². The van der Waals surface area contributed by atoms with Crippen LogP contribution in [0.5, 0.6) is 0 Å². The Kier molecular flexibility index (Phi) is 3.82. The summed E-state index contributed by atoms with van der Waals surface area (Å²) < 4.78 is 0. The van der Waals surface area contributed by atoms with E-state index in [1.165, 1.54) is 4.88 Å². The first-order valence-corrected chi connectivity index (χ1v) is 6.44. The molecular weight excluding hydrogens is 254 g/mol. The number of rotatable bonds is 4. The molecule has 1 aromatic carbocycles. The Morgan fingerprint density at radius 1 is 1.41 bits per heavy atom. The number of hydrogen-bond acceptors (Lipinski definition) is 3. The third-order valence-corrected chi connectivity index (χ3v) is 3.60. The molecule has 0 atom stereocenters. The molecule has 2 aromatic rings. The van der Waals surface area contributed by atoms with Gasteiger partial charge in [-0.3, -0.25) is 4.79 Å². The van der Waals surface area contributed by atoms with Crippen LogP contribution in [0.2, 0.25) is 5.02 Å². The lowest BCUT2D eigenvalue weighted by Crippen LogP contribution is -2.17. The number of carbonyl (C=O) groups excluding carboxylic acids is 1. The molecule has 0 aliphatic heterocycles. The molecular formula is C13H12ClNOS. The van der Waals surface area contributed by atoms with Crippen LogP contribution in [0.25, 0.3) is 0 Å². The largest absolute Gasteiger partial charge is 0.369 e. The molecule has 0 bridgehead atoms.